The van der Waals surface area contributed by atoms with E-state index in [1.165, 1.54) is 11.0 Å². The molecule has 9 heteroatoms. The van der Waals surface area contributed by atoms with E-state index in [0.717, 1.165) is 49.9 Å². The minimum Gasteiger partial charge on any atom is -0.493 e. The second-order valence-electron chi connectivity index (χ2n) is 11.0. The second-order valence-corrected chi connectivity index (χ2v) is 11.8. The van der Waals surface area contributed by atoms with Gasteiger partial charge in [0.2, 0.25) is 0 Å². The van der Waals surface area contributed by atoms with Crippen molar-refractivity contribution in [2.45, 2.75) is 69.7 Å². The van der Waals surface area contributed by atoms with Crippen LogP contribution in [0.15, 0.2) is 30.3 Å². The number of aliphatic hydroxyl groups excluding tert-OH is 1. The van der Waals surface area contributed by atoms with E-state index in [4.69, 9.17) is 27.9 Å². The number of carboxylic acids is 1. The molecule has 6 nitrogen and oxygen atoms in total. The van der Waals surface area contributed by atoms with E-state index in [1.807, 2.05) is 12.1 Å². The van der Waals surface area contributed by atoms with Crippen LogP contribution < -0.4 is 4.74 Å². The highest BCUT2D eigenvalue weighted by atomic mass is 35.5. The van der Waals surface area contributed by atoms with Gasteiger partial charge in [-0.3, -0.25) is 14.6 Å². The smallest absolute Gasteiger partial charge is 0.321 e. The number of likely N-dealkylation sites (tertiary alicyclic amines) is 2. The molecule has 0 spiro atoms. The van der Waals surface area contributed by atoms with Gasteiger partial charge in [-0.2, -0.15) is 0 Å². The van der Waals surface area contributed by atoms with Crippen LogP contribution in [0.4, 0.5) is 4.39 Å². The Bertz CT molecular complexity index is 1150. The zero-order valence-electron chi connectivity index (χ0n) is 21.6. The zero-order chi connectivity index (χ0) is 27.0. The summed E-state index contributed by atoms with van der Waals surface area (Å²) in [6.07, 6.45) is 3.79. The largest absolute Gasteiger partial charge is 0.493 e. The van der Waals surface area contributed by atoms with Crippen LogP contribution in [0.3, 0.4) is 0 Å². The lowest BCUT2D eigenvalue weighted by Gasteiger charge is -2.36. The summed E-state index contributed by atoms with van der Waals surface area (Å²) in [7, 11) is 0. The molecule has 0 amide bonds. The molecule has 5 rings (SSSR count). The van der Waals surface area contributed by atoms with Crippen molar-refractivity contribution in [2.75, 3.05) is 26.2 Å². The summed E-state index contributed by atoms with van der Waals surface area (Å²) in [4.78, 5) is 15.5. The molecule has 38 heavy (non-hydrogen) atoms. The maximum atomic E-state index is 15.2. The molecule has 3 atom stereocenters. The Kier molecular flexibility index (Phi) is 8.51. The second kappa shape index (κ2) is 11.7. The first-order valence-electron chi connectivity index (χ1n) is 13.5. The van der Waals surface area contributed by atoms with E-state index >= 15 is 4.39 Å². The molecule has 3 fully saturated rings. The molecule has 2 aliphatic heterocycles. The van der Waals surface area contributed by atoms with E-state index in [9.17, 15) is 15.0 Å². The number of hydrogen-bond donors (Lipinski definition) is 2. The van der Waals surface area contributed by atoms with Crippen LogP contribution in [-0.2, 0) is 4.79 Å². The van der Waals surface area contributed by atoms with Gasteiger partial charge < -0.3 is 14.9 Å². The van der Waals surface area contributed by atoms with Crippen molar-refractivity contribution >= 4 is 29.2 Å². The normalized spacial score (nSPS) is 22.9. The molecule has 1 unspecified atom stereocenters. The fraction of sp³-hybridized carbons (Fsp3) is 0.552. The zero-order valence-corrected chi connectivity index (χ0v) is 23.1. The predicted molar refractivity (Wildman–Crippen MR) is 145 cm³/mol. The third-order valence-corrected chi connectivity index (χ3v) is 8.79. The molecule has 2 heterocycles. The van der Waals surface area contributed by atoms with Gasteiger partial charge in [0.15, 0.2) is 0 Å². The first kappa shape index (κ1) is 27.7. The van der Waals surface area contributed by atoms with Gasteiger partial charge in [0.05, 0.1) is 6.61 Å². The number of aliphatic carboxylic acids is 1. The maximum Gasteiger partial charge on any atom is 0.321 e. The summed E-state index contributed by atoms with van der Waals surface area (Å²) < 4.78 is 21.4. The summed E-state index contributed by atoms with van der Waals surface area (Å²) in [5.41, 5.74) is 2.15. The third-order valence-electron chi connectivity index (χ3n) is 8.36. The van der Waals surface area contributed by atoms with E-state index in [1.54, 1.807) is 12.1 Å². The van der Waals surface area contributed by atoms with E-state index in [0.29, 0.717) is 47.7 Å². The highest BCUT2D eigenvalue weighted by Crippen LogP contribution is 2.46. The van der Waals surface area contributed by atoms with Crippen molar-refractivity contribution in [3.05, 3.63) is 62.9 Å². The van der Waals surface area contributed by atoms with Crippen LogP contribution in [0.5, 0.6) is 5.75 Å². The van der Waals surface area contributed by atoms with Crippen LogP contribution >= 0.6 is 23.2 Å². The minimum atomic E-state index is -1.29. The van der Waals surface area contributed by atoms with Crippen molar-refractivity contribution in [1.82, 2.24) is 9.80 Å². The number of benzene rings is 2. The molecule has 0 bridgehead atoms. The lowest BCUT2D eigenvalue weighted by molar-refractivity contribution is -0.146. The number of aliphatic hydroxyl groups is 1. The topological polar surface area (TPSA) is 73.2 Å². The number of hydrogen-bond acceptors (Lipinski definition) is 5. The predicted octanol–water partition coefficient (Wildman–Crippen LogP) is 6.40. The van der Waals surface area contributed by atoms with Crippen molar-refractivity contribution in [3.8, 4) is 5.75 Å². The van der Waals surface area contributed by atoms with Gasteiger partial charge in [0.1, 0.15) is 23.8 Å². The third kappa shape index (κ3) is 6.13. The molecule has 1 aliphatic carbocycles. The number of carboxylic acid groups (broad SMARTS) is 1. The fourth-order valence-electron chi connectivity index (χ4n) is 5.89. The molecule has 2 aromatic carbocycles. The Morgan fingerprint density at radius 1 is 1.05 bits per heavy atom. The standard InChI is InChI=1S/C29H35Cl2FN2O4/c1-17(20-11-21(30)13-22(31)12-20)33-9-6-18(7-10-33)16-38-27-15-25(32)24(14-23(27)19-4-5-19)28(35)34-8-2-3-26(34)29(36)37/h11-15,17-19,26,28,35H,2-10,16H2,1H3,(H,36,37)/t17-,26-,28?/m0/s1. The molecule has 2 saturated heterocycles. The average molecular weight is 566 g/mol. The average Bonchev–Trinajstić information content (AvgIpc) is 3.61. The molecule has 0 radical (unpaired) electrons. The Balaban J connectivity index is 1.22. The van der Waals surface area contributed by atoms with Crippen molar-refractivity contribution in [2.24, 2.45) is 5.92 Å². The molecule has 2 N–H and O–H groups in total. The Labute approximate surface area is 233 Å². The Hall–Kier alpha value is -1.90. The summed E-state index contributed by atoms with van der Waals surface area (Å²) in [5.74, 6) is -0.347. The SMILES string of the molecule is C[C@@H](c1cc(Cl)cc(Cl)c1)N1CCC(COc2cc(F)c(C(O)N3CCC[C@H]3C(=O)O)cc2C2CC2)CC1. The summed E-state index contributed by atoms with van der Waals surface area (Å²) in [6, 6.07) is 8.17. The first-order valence-corrected chi connectivity index (χ1v) is 14.3. The number of piperidine rings is 1. The van der Waals surface area contributed by atoms with Crippen molar-refractivity contribution < 1.29 is 24.1 Å². The Morgan fingerprint density at radius 2 is 1.74 bits per heavy atom. The number of nitrogens with zero attached hydrogens (tertiary/aromatic N) is 2. The van der Waals surface area contributed by atoms with Gasteiger partial charge in [0.25, 0.3) is 0 Å². The summed E-state index contributed by atoms with van der Waals surface area (Å²) in [6.45, 7) is 4.96. The highest BCUT2D eigenvalue weighted by Gasteiger charge is 2.37. The van der Waals surface area contributed by atoms with Gasteiger partial charge in [-0.05, 0) is 106 Å². The van der Waals surface area contributed by atoms with Crippen LogP contribution in [0.2, 0.25) is 10.0 Å². The molecule has 3 aliphatic rings. The number of halogens is 3. The van der Waals surface area contributed by atoms with Gasteiger partial charge >= 0.3 is 5.97 Å². The monoisotopic (exact) mass is 564 g/mol. The summed E-state index contributed by atoms with van der Waals surface area (Å²) >= 11 is 12.4. The van der Waals surface area contributed by atoms with E-state index in [-0.39, 0.29) is 17.5 Å². The summed E-state index contributed by atoms with van der Waals surface area (Å²) in [5, 5.41) is 21.7. The molecule has 0 aromatic heterocycles. The van der Waals surface area contributed by atoms with Gasteiger partial charge in [0, 0.05) is 34.3 Å². The quantitative estimate of drug-likeness (QED) is 0.367. The first-order chi connectivity index (χ1) is 18.2. The molecular formula is C29H35Cl2FN2O4. The molecule has 1 saturated carbocycles. The van der Waals surface area contributed by atoms with Gasteiger partial charge in [-0.25, -0.2) is 4.39 Å². The lowest BCUT2D eigenvalue weighted by Crippen LogP contribution is -2.39. The number of carbonyl (C=O) groups is 1. The number of ether oxygens (including phenoxy) is 1. The van der Waals surface area contributed by atoms with E-state index < -0.39 is 24.1 Å². The molecule has 206 valence electrons. The molecular weight excluding hydrogens is 530 g/mol. The van der Waals surface area contributed by atoms with Crippen LogP contribution in [0.1, 0.15) is 80.3 Å². The van der Waals surface area contributed by atoms with Crippen molar-refractivity contribution in [1.29, 1.82) is 0 Å². The number of rotatable bonds is 9. The van der Waals surface area contributed by atoms with E-state index in [2.05, 4.69) is 11.8 Å². The fourth-order valence-corrected chi connectivity index (χ4v) is 6.44. The lowest BCUT2D eigenvalue weighted by atomic mass is 9.95. The van der Waals surface area contributed by atoms with Crippen LogP contribution in [-0.4, -0.2) is 58.3 Å². The van der Waals surface area contributed by atoms with Gasteiger partial charge in [-0.15, -0.1) is 0 Å². The maximum absolute atomic E-state index is 15.2. The van der Waals surface area contributed by atoms with Crippen LogP contribution in [0, 0.1) is 11.7 Å². The highest BCUT2D eigenvalue weighted by molar-refractivity contribution is 6.34. The minimum absolute atomic E-state index is 0.135. The van der Waals surface area contributed by atoms with Gasteiger partial charge in [-0.1, -0.05) is 23.2 Å². The molecule has 2 aromatic rings. The van der Waals surface area contributed by atoms with Crippen molar-refractivity contribution in [3.63, 3.8) is 0 Å². The Morgan fingerprint density at radius 3 is 2.37 bits per heavy atom. The van der Waals surface area contributed by atoms with Crippen LogP contribution in [0.25, 0.3) is 0 Å².